The number of aliphatic hydroxyl groups excluding tert-OH is 2. The molecule has 0 saturated heterocycles. The summed E-state index contributed by atoms with van der Waals surface area (Å²) in [5.41, 5.74) is 0. The molecule has 6 heteroatoms. The van der Waals surface area contributed by atoms with E-state index in [2.05, 4.69) is 38.2 Å². The minimum atomic E-state index is -0.784. The van der Waals surface area contributed by atoms with Crippen molar-refractivity contribution in [2.45, 2.75) is 379 Å². The van der Waals surface area contributed by atoms with E-state index >= 15 is 0 Å². The highest BCUT2D eigenvalue weighted by Crippen LogP contribution is 2.20. The number of nitrogens with one attached hydrogen (secondary N) is 1. The van der Waals surface area contributed by atoms with Crippen LogP contribution in [-0.4, -0.2) is 46.9 Å². The lowest BCUT2D eigenvalue weighted by Gasteiger charge is -2.24. The fourth-order valence-corrected chi connectivity index (χ4v) is 10.3. The van der Waals surface area contributed by atoms with E-state index in [-0.39, 0.29) is 24.9 Å². The van der Waals surface area contributed by atoms with E-state index in [1.807, 2.05) is 0 Å². The van der Waals surface area contributed by atoms with Crippen LogP contribution in [0.5, 0.6) is 0 Å². The van der Waals surface area contributed by atoms with Crippen LogP contribution in [0.25, 0.3) is 0 Å². The third-order valence-corrected chi connectivity index (χ3v) is 15.1. The van der Waals surface area contributed by atoms with E-state index in [4.69, 9.17) is 4.74 Å². The molecule has 0 saturated carbocycles. The zero-order chi connectivity index (χ0) is 50.9. The molecule has 70 heavy (non-hydrogen) atoms. The van der Waals surface area contributed by atoms with Gasteiger partial charge in [0, 0.05) is 6.42 Å². The molecule has 3 N–H and O–H groups in total. The van der Waals surface area contributed by atoms with Crippen LogP contribution in [0.1, 0.15) is 361 Å². The van der Waals surface area contributed by atoms with Crippen LogP contribution in [0.3, 0.4) is 0 Å². The Bertz CT molecular complexity index is 1060. The Morgan fingerprint density at radius 1 is 0.400 bits per heavy atom. The van der Waals surface area contributed by atoms with Crippen LogP contribution in [0.15, 0.2) is 12.2 Å². The molecule has 0 aliphatic heterocycles. The summed E-state index contributed by atoms with van der Waals surface area (Å²) in [7, 11) is 0. The van der Waals surface area contributed by atoms with Gasteiger partial charge in [-0.25, -0.2) is 0 Å². The first kappa shape index (κ1) is 68.6. The van der Waals surface area contributed by atoms with E-state index in [9.17, 15) is 19.8 Å². The quantitative estimate of drug-likeness (QED) is 0.0321. The maximum Gasteiger partial charge on any atom is 0.306 e. The molecule has 0 aliphatic rings. The zero-order valence-corrected chi connectivity index (χ0v) is 47.7. The Hall–Kier alpha value is -1.40. The summed E-state index contributed by atoms with van der Waals surface area (Å²) in [5.74, 6) is -0.448. The van der Waals surface area contributed by atoms with Crippen molar-refractivity contribution >= 4 is 11.9 Å². The Balaban J connectivity index is 4.46. The first-order valence-electron chi connectivity index (χ1n) is 31.9. The summed E-state index contributed by atoms with van der Waals surface area (Å²) in [6, 6.07) is -0.697. The smallest absolute Gasteiger partial charge is 0.306 e. The van der Waals surface area contributed by atoms with Crippen LogP contribution >= 0.6 is 0 Å². The molecule has 6 nitrogen and oxygen atoms in total. The summed E-state index contributed by atoms with van der Waals surface area (Å²) >= 11 is 0. The van der Waals surface area contributed by atoms with Crippen LogP contribution in [-0.2, 0) is 14.3 Å². The molecular formula is C64H125NO5. The molecule has 3 atom stereocenters. The lowest BCUT2D eigenvalue weighted by atomic mass is 10.0. The average Bonchev–Trinajstić information content (AvgIpc) is 3.35. The first-order valence-corrected chi connectivity index (χ1v) is 31.9. The molecule has 0 aromatic rings. The molecule has 0 fully saturated rings. The summed E-state index contributed by atoms with van der Waals surface area (Å²) in [6.07, 6.45) is 68.6. The standard InChI is InChI=1S/C64H125NO5/c1-4-7-10-13-16-19-22-25-28-30-31-33-36-39-42-45-48-51-54-57-64(69)70-60(55-52-49-46-43-40-37-34-27-24-21-18-15-12-9-6-3)58-63(68)65-61(59-66)62(67)56-53-50-47-44-41-38-35-32-29-26-23-20-17-14-11-8-5-2/h25,28,60-62,66-67H,4-24,26-27,29-59H2,1-3H3,(H,65,68)/b28-25+. The molecule has 416 valence electrons. The molecule has 0 heterocycles. The molecule has 0 rings (SSSR count). The van der Waals surface area contributed by atoms with E-state index in [1.165, 1.54) is 270 Å². The third-order valence-electron chi connectivity index (χ3n) is 15.1. The zero-order valence-electron chi connectivity index (χ0n) is 47.7. The first-order chi connectivity index (χ1) is 34.5. The number of hydrogen-bond acceptors (Lipinski definition) is 5. The van der Waals surface area contributed by atoms with Crippen LogP contribution in [0.4, 0.5) is 0 Å². The minimum Gasteiger partial charge on any atom is -0.462 e. The molecular weight excluding hydrogens is 863 g/mol. The predicted molar refractivity (Wildman–Crippen MR) is 306 cm³/mol. The molecule has 1 amide bonds. The second-order valence-corrected chi connectivity index (χ2v) is 22.2. The van der Waals surface area contributed by atoms with Gasteiger partial charge in [0.1, 0.15) is 6.10 Å². The third kappa shape index (κ3) is 52.9. The Labute approximate surface area is 438 Å². The van der Waals surface area contributed by atoms with Gasteiger partial charge in [0.15, 0.2) is 0 Å². The topological polar surface area (TPSA) is 95.9 Å². The Kier molecular flexibility index (Phi) is 57.3. The molecule has 0 aliphatic carbocycles. The summed E-state index contributed by atoms with van der Waals surface area (Å²) in [6.45, 7) is 6.54. The number of allylic oxidation sites excluding steroid dienone is 2. The van der Waals surface area contributed by atoms with Crippen LogP contribution in [0.2, 0.25) is 0 Å². The van der Waals surface area contributed by atoms with Gasteiger partial charge in [-0.1, -0.05) is 309 Å². The van der Waals surface area contributed by atoms with Gasteiger partial charge in [0.2, 0.25) is 5.91 Å². The largest absolute Gasteiger partial charge is 0.462 e. The number of hydrogen-bond donors (Lipinski definition) is 3. The number of ether oxygens (including phenoxy) is 1. The van der Waals surface area contributed by atoms with E-state index < -0.39 is 18.2 Å². The number of aliphatic hydroxyl groups is 2. The van der Waals surface area contributed by atoms with Gasteiger partial charge in [-0.05, 0) is 51.4 Å². The summed E-state index contributed by atoms with van der Waals surface area (Å²) in [4.78, 5) is 26.4. The van der Waals surface area contributed by atoms with Gasteiger partial charge >= 0.3 is 5.97 Å². The van der Waals surface area contributed by atoms with Crippen LogP contribution < -0.4 is 5.32 Å². The van der Waals surface area contributed by atoms with Crippen molar-refractivity contribution in [3.8, 4) is 0 Å². The van der Waals surface area contributed by atoms with E-state index in [0.717, 1.165) is 44.9 Å². The van der Waals surface area contributed by atoms with Gasteiger partial charge in [-0.15, -0.1) is 0 Å². The average molecular weight is 989 g/mol. The van der Waals surface area contributed by atoms with Crippen molar-refractivity contribution in [1.29, 1.82) is 0 Å². The van der Waals surface area contributed by atoms with Gasteiger partial charge in [0.25, 0.3) is 0 Å². The summed E-state index contributed by atoms with van der Waals surface area (Å²) < 4.78 is 5.99. The highest BCUT2D eigenvalue weighted by molar-refractivity contribution is 5.77. The van der Waals surface area contributed by atoms with Gasteiger partial charge in [-0.3, -0.25) is 9.59 Å². The van der Waals surface area contributed by atoms with Gasteiger partial charge in [-0.2, -0.15) is 0 Å². The molecule has 0 radical (unpaired) electrons. The molecule has 0 aromatic heterocycles. The minimum absolute atomic E-state index is 0.0855. The Morgan fingerprint density at radius 2 is 0.686 bits per heavy atom. The lowest BCUT2D eigenvalue weighted by molar-refractivity contribution is -0.151. The van der Waals surface area contributed by atoms with Crippen molar-refractivity contribution in [1.82, 2.24) is 5.32 Å². The van der Waals surface area contributed by atoms with E-state index in [0.29, 0.717) is 19.3 Å². The maximum absolute atomic E-state index is 13.3. The number of carbonyl (C=O) groups excluding carboxylic acids is 2. The molecule has 0 bridgehead atoms. The number of esters is 1. The number of rotatable bonds is 59. The highest BCUT2D eigenvalue weighted by atomic mass is 16.5. The number of carbonyl (C=O) groups is 2. The summed E-state index contributed by atoms with van der Waals surface area (Å²) in [5, 5.41) is 24.0. The molecule has 3 unspecified atom stereocenters. The normalized spacial score (nSPS) is 13.0. The maximum atomic E-state index is 13.3. The van der Waals surface area contributed by atoms with Gasteiger partial charge in [0.05, 0.1) is 25.2 Å². The molecule has 0 spiro atoms. The van der Waals surface area contributed by atoms with Crippen LogP contribution in [0, 0.1) is 0 Å². The van der Waals surface area contributed by atoms with Crippen molar-refractivity contribution in [2.75, 3.05) is 6.61 Å². The van der Waals surface area contributed by atoms with E-state index in [1.54, 1.807) is 0 Å². The number of unbranched alkanes of at least 4 members (excludes halogenated alkanes) is 45. The Morgan fingerprint density at radius 3 is 1.01 bits per heavy atom. The van der Waals surface area contributed by atoms with Gasteiger partial charge < -0.3 is 20.3 Å². The molecule has 0 aromatic carbocycles. The predicted octanol–water partition coefficient (Wildman–Crippen LogP) is 20.0. The van der Waals surface area contributed by atoms with Crippen molar-refractivity contribution < 1.29 is 24.5 Å². The second kappa shape index (κ2) is 58.5. The SMILES string of the molecule is CCCCCCCC/C=C/CCCCCCCCCCCC(=O)OC(CCCCCCCCCCCCCCCCC)CC(=O)NC(CO)C(O)CCCCCCCCCCCCCCCCCCC. The fourth-order valence-electron chi connectivity index (χ4n) is 10.3. The second-order valence-electron chi connectivity index (χ2n) is 22.2. The number of amides is 1. The monoisotopic (exact) mass is 988 g/mol. The fraction of sp³-hybridized carbons (Fsp3) is 0.938. The van der Waals surface area contributed by atoms with Crippen molar-refractivity contribution in [3.63, 3.8) is 0 Å². The highest BCUT2D eigenvalue weighted by Gasteiger charge is 2.24. The van der Waals surface area contributed by atoms with Crippen molar-refractivity contribution in [2.24, 2.45) is 0 Å². The van der Waals surface area contributed by atoms with Crippen molar-refractivity contribution in [3.05, 3.63) is 12.2 Å². The lowest BCUT2D eigenvalue weighted by Crippen LogP contribution is -2.46.